The molecular formula is C42H54N6O4. The van der Waals surface area contributed by atoms with E-state index < -0.39 is 29.1 Å². The molecule has 2 aromatic rings. The van der Waals surface area contributed by atoms with E-state index in [0.717, 1.165) is 96.7 Å². The van der Waals surface area contributed by atoms with Crippen molar-refractivity contribution in [2.75, 3.05) is 88.3 Å². The van der Waals surface area contributed by atoms with Crippen molar-refractivity contribution in [3.63, 3.8) is 0 Å². The molecule has 52 heavy (non-hydrogen) atoms. The fraction of sp³-hybridized carbons (Fsp3) is 0.571. The van der Waals surface area contributed by atoms with Crippen LogP contribution in [0.4, 0.5) is 11.4 Å². The van der Waals surface area contributed by atoms with E-state index in [1.54, 1.807) is 0 Å². The Morgan fingerprint density at radius 2 is 0.904 bits per heavy atom. The zero-order chi connectivity index (χ0) is 36.0. The zero-order valence-electron chi connectivity index (χ0n) is 30.9. The minimum Gasteiger partial charge on any atom is -0.369 e. The number of piperazine rings is 2. The van der Waals surface area contributed by atoms with Crippen LogP contribution in [-0.2, 0) is 19.2 Å². The van der Waals surface area contributed by atoms with E-state index in [2.05, 4.69) is 74.2 Å². The van der Waals surface area contributed by atoms with Crippen LogP contribution in [0.2, 0.25) is 0 Å². The van der Waals surface area contributed by atoms with E-state index in [0.29, 0.717) is 13.1 Å². The molecule has 276 valence electrons. The standard InChI is InChI=1S/C42H54N6O4/c1-30-29-42(2)36-34(38(49)47(40(36)51)19-11-9-17-43-21-25-45(26-22-43)31-13-5-3-6-14-31)33(30)35-37(42)41(52)48(39(35)50)20-12-10-18-44-23-27-46(28-24-44)32-15-7-4-8-16-32/h3-8,13-16,29,33-37H,9-12,17-28H2,1-2H3. The lowest BCUT2D eigenvalue weighted by molar-refractivity contribution is -0.146. The maximum absolute atomic E-state index is 14.1. The van der Waals surface area contributed by atoms with Crippen molar-refractivity contribution in [1.29, 1.82) is 0 Å². The number of hydrogen-bond donors (Lipinski definition) is 0. The molecule has 3 aliphatic carbocycles. The average Bonchev–Trinajstić information content (AvgIpc) is 3.58. The van der Waals surface area contributed by atoms with Crippen LogP contribution in [0.3, 0.4) is 0 Å². The molecule has 10 nitrogen and oxygen atoms in total. The summed E-state index contributed by atoms with van der Waals surface area (Å²) in [5.74, 6) is -3.22. The van der Waals surface area contributed by atoms with Crippen molar-refractivity contribution < 1.29 is 19.2 Å². The van der Waals surface area contributed by atoms with Crippen LogP contribution in [0.5, 0.6) is 0 Å². The molecule has 0 N–H and O–H groups in total. The Hall–Kier alpha value is -4.02. The maximum Gasteiger partial charge on any atom is 0.234 e. The van der Waals surface area contributed by atoms with E-state index in [-0.39, 0.29) is 29.5 Å². The first kappa shape index (κ1) is 35.0. The third-order valence-corrected chi connectivity index (χ3v) is 13.3. The van der Waals surface area contributed by atoms with Crippen molar-refractivity contribution in [2.24, 2.45) is 35.0 Å². The number of likely N-dealkylation sites (tertiary alicyclic amines) is 2. The van der Waals surface area contributed by atoms with Gasteiger partial charge in [0.15, 0.2) is 0 Å². The summed E-state index contributed by atoms with van der Waals surface area (Å²) < 4.78 is 0. The summed E-state index contributed by atoms with van der Waals surface area (Å²) >= 11 is 0. The second-order valence-electron chi connectivity index (χ2n) is 16.2. The number of imide groups is 2. The van der Waals surface area contributed by atoms with Crippen LogP contribution < -0.4 is 9.80 Å². The highest BCUT2D eigenvalue weighted by atomic mass is 16.2. The quantitative estimate of drug-likeness (QED) is 0.186. The predicted octanol–water partition coefficient (Wildman–Crippen LogP) is 3.99. The minimum absolute atomic E-state index is 0.139. The molecule has 4 atom stereocenters. The molecule has 4 heterocycles. The average molecular weight is 707 g/mol. The Morgan fingerprint density at radius 3 is 1.31 bits per heavy atom. The normalized spacial score (nSPS) is 30.7. The number of rotatable bonds is 12. The summed E-state index contributed by atoms with van der Waals surface area (Å²) in [6.45, 7) is 14.6. The summed E-state index contributed by atoms with van der Waals surface area (Å²) in [4.78, 5) is 69.0. The molecule has 1 saturated carbocycles. The topological polar surface area (TPSA) is 87.7 Å². The summed E-state index contributed by atoms with van der Waals surface area (Å²) in [7, 11) is 0. The Kier molecular flexibility index (Phi) is 9.72. The lowest BCUT2D eigenvalue weighted by Crippen LogP contribution is -2.57. The van der Waals surface area contributed by atoms with Crippen LogP contribution in [0, 0.1) is 35.0 Å². The number of unbranched alkanes of at least 4 members (excludes halogenated alkanes) is 2. The van der Waals surface area contributed by atoms with Gasteiger partial charge in [-0.05, 0) is 70.0 Å². The van der Waals surface area contributed by atoms with Crippen LogP contribution >= 0.6 is 0 Å². The minimum atomic E-state index is -0.839. The number of allylic oxidation sites excluding steroid dienone is 2. The number of para-hydroxylation sites is 2. The van der Waals surface area contributed by atoms with Crippen molar-refractivity contribution >= 4 is 35.0 Å². The number of anilines is 2. The molecule has 5 fully saturated rings. The molecule has 4 saturated heterocycles. The number of hydrogen-bond acceptors (Lipinski definition) is 8. The van der Waals surface area contributed by atoms with Gasteiger partial charge in [0.05, 0.1) is 23.7 Å². The molecule has 10 heteroatoms. The molecule has 7 aliphatic rings. The lowest BCUT2D eigenvalue weighted by atomic mass is 9.46. The Labute approximate surface area is 308 Å². The number of nitrogens with zero attached hydrogens (tertiary/aromatic N) is 6. The van der Waals surface area contributed by atoms with Crippen molar-refractivity contribution in [3.8, 4) is 0 Å². The van der Waals surface area contributed by atoms with Crippen molar-refractivity contribution in [1.82, 2.24) is 19.6 Å². The molecule has 2 aromatic carbocycles. The summed E-state index contributed by atoms with van der Waals surface area (Å²) in [5.41, 5.74) is 2.68. The molecule has 9 rings (SSSR count). The molecule has 2 bridgehead atoms. The SMILES string of the molecule is CC1=CC2(C)C3C(=O)N(CCCCN4CCN(c5ccccc5)CC4)C(=O)C3C1C1C(=O)N(CCCCN3CCN(c4ccccc4)CC3)C(=O)C12. The third-order valence-electron chi connectivity index (χ3n) is 13.3. The molecule has 0 spiro atoms. The van der Waals surface area contributed by atoms with Crippen LogP contribution in [0.15, 0.2) is 72.3 Å². The Morgan fingerprint density at radius 1 is 0.519 bits per heavy atom. The van der Waals surface area contributed by atoms with E-state index in [1.807, 2.05) is 26.0 Å². The van der Waals surface area contributed by atoms with Crippen LogP contribution in [-0.4, -0.2) is 122 Å². The van der Waals surface area contributed by atoms with Gasteiger partial charge in [0.2, 0.25) is 23.6 Å². The van der Waals surface area contributed by atoms with E-state index >= 15 is 0 Å². The largest absolute Gasteiger partial charge is 0.369 e. The fourth-order valence-electron chi connectivity index (χ4n) is 10.7. The van der Waals surface area contributed by atoms with Gasteiger partial charge in [0.25, 0.3) is 0 Å². The molecule has 0 aromatic heterocycles. The van der Waals surface area contributed by atoms with Crippen LogP contribution in [0.25, 0.3) is 0 Å². The van der Waals surface area contributed by atoms with Gasteiger partial charge in [-0.3, -0.25) is 38.8 Å². The fourth-order valence-corrected chi connectivity index (χ4v) is 10.7. The smallest absolute Gasteiger partial charge is 0.234 e. The highest BCUT2D eigenvalue weighted by Crippen LogP contribution is 2.65. The van der Waals surface area contributed by atoms with Gasteiger partial charge < -0.3 is 9.80 Å². The lowest BCUT2D eigenvalue weighted by Gasteiger charge is -2.53. The summed E-state index contributed by atoms with van der Waals surface area (Å²) in [5, 5.41) is 0. The number of carbonyl (C=O) groups excluding carboxylic acids is 4. The molecule has 4 aliphatic heterocycles. The predicted molar refractivity (Wildman–Crippen MR) is 201 cm³/mol. The van der Waals surface area contributed by atoms with Crippen LogP contribution in [0.1, 0.15) is 39.5 Å². The van der Waals surface area contributed by atoms with Gasteiger partial charge in [0, 0.05) is 88.2 Å². The van der Waals surface area contributed by atoms with E-state index in [4.69, 9.17) is 0 Å². The van der Waals surface area contributed by atoms with Crippen molar-refractivity contribution in [2.45, 2.75) is 39.5 Å². The Bertz CT molecular complexity index is 1570. The monoisotopic (exact) mass is 706 g/mol. The second-order valence-corrected chi connectivity index (χ2v) is 16.2. The van der Waals surface area contributed by atoms with Gasteiger partial charge in [-0.2, -0.15) is 0 Å². The Balaban J connectivity index is 0.832. The maximum atomic E-state index is 14.1. The molecule has 4 amide bonds. The molecule has 0 radical (unpaired) electrons. The second kappa shape index (κ2) is 14.4. The first-order chi connectivity index (χ1) is 25.3. The zero-order valence-corrected chi connectivity index (χ0v) is 30.9. The number of carbonyl (C=O) groups is 4. The summed E-state index contributed by atoms with van der Waals surface area (Å²) in [6.07, 6.45) is 5.41. The third kappa shape index (κ3) is 6.15. The molecule has 4 unspecified atom stereocenters. The highest BCUT2D eigenvalue weighted by molar-refractivity contribution is 6.11. The molecular weight excluding hydrogens is 653 g/mol. The van der Waals surface area contributed by atoms with Crippen molar-refractivity contribution in [3.05, 3.63) is 72.3 Å². The van der Waals surface area contributed by atoms with Gasteiger partial charge in [-0.25, -0.2) is 0 Å². The van der Waals surface area contributed by atoms with Gasteiger partial charge in [0.1, 0.15) is 0 Å². The first-order valence-electron chi connectivity index (χ1n) is 19.7. The highest BCUT2D eigenvalue weighted by Gasteiger charge is 2.73. The van der Waals surface area contributed by atoms with E-state index in [1.165, 1.54) is 21.2 Å². The summed E-state index contributed by atoms with van der Waals surface area (Å²) in [6, 6.07) is 21.1. The van der Waals surface area contributed by atoms with E-state index in [9.17, 15) is 19.2 Å². The van der Waals surface area contributed by atoms with Gasteiger partial charge in [-0.1, -0.05) is 55.0 Å². The first-order valence-corrected chi connectivity index (χ1v) is 19.7. The number of benzene rings is 2. The van der Waals surface area contributed by atoms with Gasteiger partial charge >= 0.3 is 0 Å². The number of amides is 4. The van der Waals surface area contributed by atoms with Gasteiger partial charge in [-0.15, -0.1) is 0 Å².